The SMILES string of the molecule is COc1cc2c(C(=O)O)c(Sc3ccccc3)n(C)c2cc1Br. The van der Waals surface area contributed by atoms with E-state index in [9.17, 15) is 9.90 Å². The fourth-order valence-corrected chi connectivity index (χ4v) is 4.04. The maximum absolute atomic E-state index is 11.8. The molecule has 0 amide bonds. The Bertz CT molecular complexity index is 890. The number of aromatic nitrogens is 1. The van der Waals surface area contributed by atoms with Gasteiger partial charge >= 0.3 is 5.97 Å². The molecule has 0 fully saturated rings. The summed E-state index contributed by atoms with van der Waals surface area (Å²) in [6.07, 6.45) is 0. The lowest BCUT2D eigenvalue weighted by atomic mass is 10.1. The summed E-state index contributed by atoms with van der Waals surface area (Å²) in [6.45, 7) is 0. The van der Waals surface area contributed by atoms with E-state index in [2.05, 4.69) is 15.9 Å². The van der Waals surface area contributed by atoms with Crippen molar-refractivity contribution in [2.45, 2.75) is 9.92 Å². The summed E-state index contributed by atoms with van der Waals surface area (Å²) in [7, 11) is 3.44. The molecule has 2 aromatic carbocycles. The Hall–Kier alpha value is -1.92. The van der Waals surface area contributed by atoms with E-state index in [0.717, 1.165) is 14.9 Å². The zero-order valence-electron chi connectivity index (χ0n) is 12.5. The summed E-state index contributed by atoms with van der Waals surface area (Å²) < 4.78 is 8.00. The van der Waals surface area contributed by atoms with Crippen molar-refractivity contribution in [2.75, 3.05) is 7.11 Å². The second kappa shape index (κ2) is 6.29. The van der Waals surface area contributed by atoms with Gasteiger partial charge < -0.3 is 14.4 Å². The topological polar surface area (TPSA) is 51.5 Å². The molecule has 1 N–H and O–H groups in total. The average Bonchev–Trinajstić information content (AvgIpc) is 2.80. The van der Waals surface area contributed by atoms with Crippen molar-refractivity contribution >= 4 is 44.6 Å². The number of nitrogens with zero attached hydrogens (tertiary/aromatic N) is 1. The predicted molar refractivity (Wildman–Crippen MR) is 94.7 cm³/mol. The Balaban J connectivity index is 2.26. The Labute approximate surface area is 146 Å². The Morgan fingerprint density at radius 2 is 1.96 bits per heavy atom. The second-order valence-corrected chi connectivity index (χ2v) is 6.88. The van der Waals surface area contributed by atoms with Gasteiger partial charge in [-0.25, -0.2) is 4.79 Å². The number of carboxylic acid groups (broad SMARTS) is 1. The summed E-state index contributed by atoms with van der Waals surface area (Å²) in [4.78, 5) is 12.8. The van der Waals surface area contributed by atoms with Crippen LogP contribution in [0.25, 0.3) is 10.9 Å². The standard InChI is InChI=1S/C17H14BrNO3S/c1-19-13-9-12(18)14(22-2)8-11(13)15(17(20)21)16(19)23-10-6-4-3-5-7-10/h3-9H,1-2H3,(H,20,21). The Kier molecular flexibility index (Phi) is 4.37. The van der Waals surface area contributed by atoms with Crippen LogP contribution in [0.15, 0.2) is 56.9 Å². The molecule has 1 aromatic heterocycles. The molecule has 0 radical (unpaired) electrons. The summed E-state index contributed by atoms with van der Waals surface area (Å²) >= 11 is 4.90. The van der Waals surface area contributed by atoms with Crippen molar-refractivity contribution in [3.05, 3.63) is 52.5 Å². The van der Waals surface area contributed by atoms with Gasteiger partial charge in [0.25, 0.3) is 0 Å². The monoisotopic (exact) mass is 391 g/mol. The molecule has 3 rings (SSSR count). The molecule has 0 saturated heterocycles. The van der Waals surface area contributed by atoms with Gasteiger partial charge in [-0.15, -0.1) is 0 Å². The fraction of sp³-hybridized carbons (Fsp3) is 0.118. The molecule has 0 spiro atoms. The van der Waals surface area contributed by atoms with Crippen LogP contribution in [0.1, 0.15) is 10.4 Å². The summed E-state index contributed by atoms with van der Waals surface area (Å²) in [5.74, 6) is -0.333. The van der Waals surface area contributed by atoms with Crippen molar-refractivity contribution in [3.8, 4) is 5.75 Å². The van der Waals surface area contributed by atoms with Gasteiger partial charge in [-0.05, 0) is 40.2 Å². The smallest absolute Gasteiger partial charge is 0.339 e. The van der Waals surface area contributed by atoms with Crippen molar-refractivity contribution in [2.24, 2.45) is 7.05 Å². The van der Waals surface area contributed by atoms with Crippen LogP contribution >= 0.6 is 27.7 Å². The number of hydrogen-bond acceptors (Lipinski definition) is 3. The first-order valence-electron chi connectivity index (χ1n) is 6.85. The number of carboxylic acids is 1. The van der Waals surface area contributed by atoms with E-state index in [1.165, 1.54) is 11.8 Å². The molecule has 0 aliphatic heterocycles. The van der Waals surface area contributed by atoms with E-state index in [4.69, 9.17) is 4.74 Å². The zero-order chi connectivity index (χ0) is 16.6. The fourth-order valence-electron chi connectivity index (χ4n) is 2.50. The number of methoxy groups -OCH3 is 1. The number of ether oxygens (including phenoxy) is 1. The first-order valence-corrected chi connectivity index (χ1v) is 8.46. The maximum atomic E-state index is 11.8. The normalized spacial score (nSPS) is 10.9. The van der Waals surface area contributed by atoms with Crippen LogP contribution < -0.4 is 4.74 Å². The summed E-state index contributed by atoms with van der Waals surface area (Å²) in [5, 5.41) is 11.1. The summed E-state index contributed by atoms with van der Waals surface area (Å²) in [6, 6.07) is 13.4. The number of aryl methyl sites for hydroxylation is 1. The van der Waals surface area contributed by atoms with Crippen LogP contribution in [0.2, 0.25) is 0 Å². The van der Waals surface area contributed by atoms with Crippen molar-refractivity contribution in [3.63, 3.8) is 0 Å². The number of benzene rings is 2. The number of fused-ring (bicyclic) bond motifs is 1. The molecule has 1 heterocycles. The van der Waals surface area contributed by atoms with Crippen molar-refractivity contribution in [1.29, 1.82) is 0 Å². The van der Waals surface area contributed by atoms with E-state index >= 15 is 0 Å². The number of halogens is 1. The predicted octanol–water partition coefficient (Wildman–Crippen LogP) is 4.80. The molecular weight excluding hydrogens is 378 g/mol. The third-order valence-electron chi connectivity index (χ3n) is 3.59. The lowest BCUT2D eigenvalue weighted by molar-refractivity contribution is 0.0694. The quantitative estimate of drug-likeness (QED) is 0.693. The van der Waals surface area contributed by atoms with Gasteiger partial charge in [0.15, 0.2) is 0 Å². The number of rotatable bonds is 4. The lowest BCUT2D eigenvalue weighted by Gasteiger charge is -2.06. The van der Waals surface area contributed by atoms with Crippen LogP contribution in [0.3, 0.4) is 0 Å². The van der Waals surface area contributed by atoms with Gasteiger partial charge in [-0.1, -0.05) is 30.0 Å². The highest BCUT2D eigenvalue weighted by Gasteiger charge is 2.23. The van der Waals surface area contributed by atoms with Crippen LogP contribution in [-0.4, -0.2) is 22.8 Å². The molecule has 118 valence electrons. The Morgan fingerprint density at radius 1 is 1.26 bits per heavy atom. The minimum Gasteiger partial charge on any atom is -0.496 e. The molecule has 4 nitrogen and oxygen atoms in total. The summed E-state index contributed by atoms with van der Waals surface area (Å²) in [5.41, 5.74) is 1.13. The lowest BCUT2D eigenvalue weighted by Crippen LogP contribution is -1.99. The zero-order valence-corrected chi connectivity index (χ0v) is 14.9. The van der Waals surface area contributed by atoms with Gasteiger partial charge in [0.05, 0.1) is 27.7 Å². The van der Waals surface area contributed by atoms with Crippen molar-refractivity contribution < 1.29 is 14.6 Å². The van der Waals surface area contributed by atoms with E-state index in [0.29, 0.717) is 21.7 Å². The minimum atomic E-state index is -0.946. The molecule has 3 aromatic rings. The van der Waals surface area contributed by atoms with Gasteiger partial charge in [0.2, 0.25) is 0 Å². The number of hydrogen-bond donors (Lipinski definition) is 1. The van der Waals surface area contributed by atoms with Crippen LogP contribution in [-0.2, 0) is 7.05 Å². The first-order chi connectivity index (χ1) is 11.0. The molecule has 0 atom stereocenters. The Morgan fingerprint density at radius 3 is 2.57 bits per heavy atom. The van der Waals surface area contributed by atoms with E-state index in [1.807, 2.05) is 48.0 Å². The van der Waals surface area contributed by atoms with Crippen molar-refractivity contribution in [1.82, 2.24) is 4.57 Å². The highest BCUT2D eigenvalue weighted by Crippen LogP contribution is 2.40. The molecule has 0 bridgehead atoms. The molecule has 0 saturated carbocycles. The average molecular weight is 392 g/mol. The van der Waals surface area contributed by atoms with Crippen LogP contribution in [0.4, 0.5) is 0 Å². The second-order valence-electron chi connectivity index (χ2n) is 4.96. The largest absolute Gasteiger partial charge is 0.496 e. The molecule has 6 heteroatoms. The van der Waals surface area contributed by atoms with E-state index in [-0.39, 0.29) is 0 Å². The van der Waals surface area contributed by atoms with Gasteiger partial charge in [0.1, 0.15) is 5.75 Å². The molecule has 0 aliphatic carbocycles. The minimum absolute atomic E-state index is 0.294. The van der Waals surface area contributed by atoms with Gasteiger partial charge in [-0.3, -0.25) is 0 Å². The third kappa shape index (κ3) is 2.84. The van der Waals surface area contributed by atoms with Crippen LogP contribution in [0, 0.1) is 0 Å². The highest BCUT2D eigenvalue weighted by molar-refractivity contribution is 9.10. The van der Waals surface area contributed by atoms with Crippen LogP contribution in [0.5, 0.6) is 5.75 Å². The maximum Gasteiger partial charge on any atom is 0.339 e. The van der Waals surface area contributed by atoms with E-state index in [1.54, 1.807) is 13.2 Å². The number of aromatic carboxylic acids is 1. The van der Waals surface area contributed by atoms with Gasteiger partial charge in [-0.2, -0.15) is 0 Å². The van der Waals surface area contributed by atoms with E-state index < -0.39 is 5.97 Å². The molecule has 23 heavy (non-hydrogen) atoms. The molecular formula is C17H14BrNO3S. The molecule has 0 aliphatic rings. The van der Waals surface area contributed by atoms with Gasteiger partial charge in [0, 0.05) is 17.3 Å². The third-order valence-corrected chi connectivity index (χ3v) is 5.39. The molecule has 0 unspecified atom stereocenters. The number of carbonyl (C=O) groups is 1. The first kappa shape index (κ1) is 16.0. The highest BCUT2D eigenvalue weighted by atomic mass is 79.9.